The zero-order valence-corrected chi connectivity index (χ0v) is 18.6. The van der Waals surface area contributed by atoms with Crippen LogP contribution in [0.4, 0.5) is 0 Å². The number of ether oxygens (including phenoxy) is 4. The Balaban J connectivity index is 2.27. The zero-order chi connectivity index (χ0) is 22.3. The second kappa shape index (κ2) is 10.9. The standard InChI is InChI=1S/C21H23ClO7S/c1-26-14-10-18(28-3)15(19(11-14)29-4)7-8-30(25)12-13-5-6-17(27-2)16(9-13)20(22)21(23)24/h5-11,20H,12H2,1-4H3,(H,23,24)/b8-7+. The number of halogens is 1. The molecule has 2 rings (SSSR count). The predicted molar refractivity (Wildman–Crippen MR) is 116 cm³/mol. The normalized spacial score (nSPS) is 13.0. The van der Waals surface area contributed by atoms with Gasteiger partial charge < -0.3 is 24.1 Å². The molecule has 9 heteroatoms. The lowest BCUT2D eigenvalue weighted by Gasteiger charge is -2.13. The fourth-order valence-corrected chi connectivity index (χ4v) is 3.82. The van der Waals surface area contributed by atoms with E-state index in [1.165, 1.54) is 33.8 Å². The third-order valence-electron chi connectivity index (χ3n) is 4.23. The van der Waals surface area contributed by atoms with Crippen molar-refractivity contribution in [1.82, 2.24) is 0 Å². The molecule has 0 fully saturated rings. The smallest absolute Gasteiger partial charge is 0.326 e. The third kappa shape index (κ3) is 5.67. The first kappa shape index (κ1) is 23.6. The van der Waals surface area contributed by atoms with Gasteiger partial charge in [-0.25, -0.2) is 0 Å². The molecule has 2 aromatic carbocycles. The van der Waals surface area contributed by atoms with Gasteiger partial charge in [0, 0.05) is 23.1 Å². The van der Waals surface area contributed by atoms with E-state index in [4.69, 9.17) is 30.5 Å². The van der Waals surface area contributed by atoms with Crippen molar-refractivity contribution in [2.75, 3.05) is 28.4 Å². The summed E-state index contributed by atoms with van der Waals surface area (Å²) in [5, 5.41) is 9.44. The first-order chi connectivity index (χ1) is 14.3. The van der Waals surface area contributed by atoms with E-state index in [-0.39, 0.29) is 5.75 Å². The van der Waals surface area contributed by atoms with Crippen LogP contribution in [0.1, 0.15) is 22.1 Å². The SMILES string of the molecule is COc1cc(OC)c(/C=C/S(=O)Cc2ccc(OC)c(C(Cl)C(=O)O)c2)c(OC)c1. The van der Waals surface area contributed by atoms with Crippen LogP contribution in [-0.2, 0) is 21.3 Å². The van der Waals surface area contributed by atoms with Gasteiger partial charge in [0.15, 0.2) is 5.38 Å². The maximum Gasteiger partial charge on any atom is 0.326 e. The summed E-state index contributed by atoms with van der Waals surface area (Å²) in [6, 6.07) is 8.32. The average Bonchev–Trinajstić information content (AvgIpc) is 2.76. The molecule has 162 valence electrons. The van der Waals surface area contributed by atoms with Gasteiger partial charge in [-0.15, -0.1) is 11.6 Å². The van der Waals surface area contributed by atoms with E-state index in [0.29, 0.717) is 39.7 Å². The van der Waals surface area contributed by atoms with Crippen LogP contribution in [0.5, 0.6) is 23.0 Å². The third-order valence-corrected chi connectivity index (χ3v) is 5.71. The lowest BCUT2D eigenvalue weighted by atomic mass is 10.1. The number of methoxy groups -OCH3 is 4. The molecule has 0 bridgehead atoms. The van der Waals surface area contributed by atoms with Crippen LogP contribution >= 0.6 is 11.6 Å². The highest BCUT2D eigenvalue weighted by atomic mass is 35.5. The molecule has 1 N–H and O–H groups in total. The molecule has 2 unspecified atom stereocenters. The van der Waals surface area contributed by atoms with Gasteiger partial charge in [-0.1, -0.05) is 6.07 Å². The number of hydrogen-bond acceptors (Lipinski definition) is 6. The Kier molecular flexibility index (Phi) is 8.56. The summed E-state index contributed by atoms with van der Waals surface area (Å²) in [6.07, 6.45) is 1.65. The average molecular weight is 455 g/mol. The van der Waals surface area contributed by atoms with Gasteiger partial charge in [0.05, 0.1) is 50.6 Å². The van der Waals surface area contributed by atoms with Crippen molar-refractivity contribution < 1.29 is 33.1 Å². The van der Waals surface area contributed by atoms with Gasteiger partial charge in [-0.2, -0.15) is 0 Å². The van der Waals surface area contributed by atoms with Gasteiger partial charge in [0.1, 0.15) is 23.0 Å². The number of carboxylic acids is 1. The molecule has 7 nitrogen and oxygen atoms in total. The van der Waals surface area contributed by atoms with E-state index >= 15 is 0 Å². The summed E-state index contributed by atoms with van der Waals surface area (Å²) in [6.45, 7) is 0. The minimum absolute atomic E-state index is 0.164. The molecule has 0 aliphatic heterocycles. The predicted octanol–water partition coefficient (Wildman–Crippen LogP) is 4.01. The van der Waals surface area contributed by atoms with Crippen molar-refractivity contribution in [3.8, 4) is 23.0 Å². The Bertz CT molecular complexity index is 933. The van der Waals surface area contributed by atoms with Gasteiger partial charge in [-0.05, 0) is 23.8 Å². The minimum atomic E-state index is -1.39. The number of rotatable bonds is 10. The Morgan fingerprint density at radius 1 is 1.03 bits per heavy atom. The van der Waals surface area contributed by atoms with Crippen LogP contribution in [0.15, 0.2) is 35.7 Å². The van der Waals surface area contributed by atoms with Crippen molar-refractivity contribution in [3.05, 3.63) is 52.4 Å². The molecule has 0 heterocycles. The molecule has 0 aromatic heterocycles. The highest BCUT2D eigenvalue weighted by Crippen LogP contribution is 2.35. The molecule has 0 aliphatic rings. The number of carbonyl (C=O) groups is 1. The van der Waals surface area contributed by atoms with Crippen LogP contribution in [0, 0.1) is 0 Å². The summed E-state index contributed by atoms with van der Waals surface area (Å²) in [5.41, 5.74) is 1.59. The van der Waals surface area contributed by atoms with E-state index in [1.807, 2.05) is 0 Å². The topological polar surface area (TPSA) is 91.3 Å². The van der Waals surface area contributed by atoms with E-state index in [9.17, 15) is 14.1 Å². The monoisotopic (exact) mass is 454 g/mol. The molecule has 0 saturated heterocycles. The van der Waals surface area contributed by atoms with E-state index in [1.54, 1.807) is 36.4 Å². The molecule has 0 saturated carbocycles. The van der Waals surface area contributed by atoms with Gasteiger partial charge in [0.25, 0.3) is 0 Å². The second-order valence-corrected chi connectivity index (χ2v) is 7.81. The van der Waals surface area contributed by atoms with Crippen LogP contribution in [0.3, 0.4) is 0 Å². The van der Waals surface area contributed by atoms with Gasteiger partial charge in [-0.3, -0.25) is 9.00 Å². The lowest BCUT2D eigenvalue weighted by molar-refractivity contribution is -0.136. The fraction of sp³-hybridized carbons (Fsp3) is 0.286. The van der Waals surface area contributed by atoms with Crippen LogP contribution < -0.4 is 18.9 Å². The summed E-state index contributed by atoms with van der Waals surface area (Å²) in [7, 11) is 4.62. The number of aliphatic carboxylic acids is 1. The quantitative estimate of drug-likeness (QED) is 0.542. The maximum absolute atomic E-state index is 12.6. The Morgan fingerprint density at radius 3 is 2.13 bits per heavy atom. The van der Waals surface area contributed by atoms with E-state index in [0.717, 1.165) is 0 Å². The highest BCUT2D eigenvalue weighted by molar-refractivity contribution is 7.87. The summed E-state index contributed by atoms with van der Waals surface area (Å²) < 4.78 is 33.8. The minimum Gasteiger partial charge on any atom is -0.496 e. The van der Waals surface area contributed by atoms with Crippen molar-refractivity contribution >= 4 is 34.4 Å². The molecule has 0 amide bonds. The molecule has 0 spiro atoms. The zero-order valence-electron chi connectivity index (χ0n) is 17.0. The van der Waals surface area contributed by atoms with Crippen LogP contribution in [0.25, 0.3) is 6.08 Å². The highest BCUT2D eigenvalue weighted by Gasteiger charge is 2.21. The van der Waals surface area contributed by atoms with E-state index in [2.05, 4.69) is 0 Å². The van der Waals surface area contributed by atoms with Crippen molar-refractivity contribution in [3.63, 3.8) is 0 Å². The summed E-state index contributed by atoms with van der Waals surface area (Å²) in [5.74, 6) is 0.927. The molecule has 2 aromatic rings. The summed E-state index contributed by atoms with van der Waals surface area (Å²) >= 11 is 5.96. The van der Waals surface area contributed by atoms with Crippen molar-refractivity contribution in [2.24, 2.45) is 0 Å². The first-order valence-electron chi connectivity index (χ1n) is 8.73. The Labute approximate surface area is 182 Å². The van der Waals surface area contributed by atoms with Gasteiger partial charge >= 0.3 is 5.97 Å². The molecule has 2 atom stereocenters. The van der Waals surface area contributed by atoms with Crippen molar-refractivity contribution in [2.45, 2.75) is 11.1 Å². The fourth-order valence-electron chi connectivity index (χ4n) is 2.76. The van der Waals surface area contributed by atoms with E-state index < -0.39 is 22.1 Å². The first-order valence-corrected chi connectivity index (χ1v) is 10.6. The number of alkyl halides is 1. The van der Waals surface area contributed by atoms with Crippen molar-refractivity contribution in [1.29, 1.82) is 0 Å². The second-order valence-electron chi connectivity index (χ2n) is 6.05. The van der Waals surface area contributed by atoms with Crippen LogP contribution in [0.2, 0.25) is 0 Å². The Hall–Kier alpha value is -2.71. The largest absolute Gasteiger partial charge is 0.496 e. The van der Waals surface area contributed by atoms with Gasteiger partial charge in [0.2, 0.25) is 0 Å². The number of hydrogen-bond donors (Lipinski definition) is 1. The number of carboxylic acid groups (broad SMARTS) is 1. The summed E-state index contributed by atoms with van der Waals surface area (Å²) in [4.78, 5) is 11.2. The maximum atomic E-state index is 12.6. The molecule has 30 heavy (non-hydrogen) atoms. The van der Waals surface area contributed by atoms with Crippen LogP contribution in [-0.4, -0.2) is 43.7 Å². The lowest BCUT2D eigenvalue weighted by Crippen LogP contribution is -2.07. The molecular formula is C21H23ClO7S. The number of benzene rings is 2. The molecular weight excluding hydrogens is 432 g/mol. The molecule has 0 aliphatic carbocycles. The molecule has 0 radical (unpaired) electrons. The Morgan fingerprint density at radius 2 is 1.63 bits per heavy atom.